The Morgan fingerprint density at radius 3 is 1.75 bits per heavy atom. The number of carbonyl (C=O) groups excluding carboxylic acids is 1. The van der Waals surface area contributed by atoms with Crippen LogP contribution in [0.2, 0.25) is 0 Å². The molecule has 0 bridgehead atoms. The maximum Gasteiger partial charge on any atom is 1.00 e. The van der Waals surface area contributed by atoms with E-state index in [1.807, 2.05) is 0 Å². The van der Waals surface area contributed by atoms with Crippen LogP contribution in [0.5, 0.6) is 0 Å². The summed E-state index contributed by atoms with van der Waals surface area (Å²) in [6.07, 6.45) is 0. The quantitative estimate of drug-likeness (QED) is 0.211. The second-order valence-electron chi connectivity index (χ2n) is 0.685. The Kier molecular flexibility index (Phi) is 30.9. The summed E-state index contributed by atoms with van der Waals surface area (Å²) in [5, 5.41) is 9.00. The Balaban J connectivity index is -0.0000000575. The van der Waals surface area contributed by atoms with E-state index in [2.05, 4.69) is 5.73 Å². The summed E-state index contributed by atoms with van der Waals surface area (Å²) in [6.45, 7) is 1.31. The van der Waals surface area contributed by atoms with Crippen LogP contribution in [0.3, 0.4) is 0 Å². The molecule has 0 radical (unpaired) electrons. The number of rotatable bonds is 0. The first-order valence-electron chi connectivity index (χ1n) is 1.36. The molecule has 1 amide bonds. The molecular weight excluding hydrogens is 123 g/mol. The molecular formula is C2H5N2NaO3. The van der Waals surface area contributed by atoms with Crippen LogP contribution in [-0.4, -0.2) is 5.91 Å². The minimum atomic E-state index is -0.333. The zero-order valence-electron chi connectivity index (χ0n) is 4.75. The molecule has 0 saturated heterocycles. The summed E-state index contributed by atoms with van der Waals surface area (Å²) in [6, 6.07) is 0. The third-order valence-corrected chi connectivity index (χ3v) is 0. The van der Waals surface area contributed by atoms with Crippen molar-refractivity contribution >= 4 is 5.91 Å². The molecule has 0 saturated carbocycles. The Labute approximate surface area is 68.5 Å². The van der Waals surface area contributed by atoms with Crippen molar-refractivity contribution in [1.29, 1.82) is 0 Å². The van der Waals surface area contributed by atoms with Gasteiger partial charge >= 0.3 is 29.6 Å². The Hall–Kier alpha value is -0.130. The van der Waals surface area contributed by atoms with Crippen molar-refractivity contribution in [2.45, 2.75) is 6.92 Å². The van der Waals surface area contributed by atoms with E-state index in [0.717, 1.165) is 5.34 Å². The number of amides is 1. The molecule has 6 heteroatoms. The van der Waals surface area contributed by atoms with Gasteiger partial charge in [0, 0.05) is 6.92 Å². The molecule has 0 aliphatic rings. The normalized spacial score (nSPS) is 4.62. The maximum atomic E-state index is 9.22. The van der Waals surface area contributed by atoms with Crippen LogP contribution in [-0.2, 0) is 4.79 Å². The molecule has 42 valence electrons. The van der Waals surface area contributed by atoms with Crippen LogP contribution < -0.4 is 35.3 Å². The van der Waals surface area contributed by atoms with Crippen molar-refractivity contribution in [2.75, 3.05) is 0 Å². The second-order valence-corrected chi connectivity index (χ2v) is 0.685. The monoisotopic (exact) mass is 128 g/mol. The SMILES string of the molecule is CC(N)=O.O=N[O-].[Na+]. The molecule has 0 fully saturated rings. The van der Waals surface area contributed by atoms with Crippen molar-refractivity contribution < 1.29 is 34.4 Å². The number of carbonyl (C=O) groups is 1. The van der Waals surface area contributed by atoms with Gasteiger partial charge < -0.3 is 15.8 Å². The first-order chi connectivity index (χ1) is 3.15. The summed E-state index contributed by atoms with van der Waals surface area (Å²) in [4.78, 5) is 17.2. The van der Waals surface area contributed by atoms with E-state index in [9.17, 15) is 4.79 Å². The largest absolute Gasteiger partial charge is 1.00 e. The molecule has 0 aromatic rings. The first kappa shape index (κ1) is 15.7. The van der Waals surface area contributed by atoms with Gasteiger partial charge in [0.25, 0.3) is 0 Å². The maximum absolute atomic E-state index is 9.22. The van der Waals surface area contributed by atoms with Gasteiger partial charge in [-0.3, -0.25) is 4.79 Å². The molecule has 0 aromatic carbocycles. The summed E-state index contributed by atoms with van der Waals surface area (Å²) in [5.41, 5.74) is 4.47. The summed E-state index contributed by atoms with van der Waals surface area (Å²) in [5.74, 6) is -0.333. The van der Waals surface area contributed by atoms with Crippen molar-refractivity contribution in [2.24, 2.45) is 11.1 Å². The fourth-order valence-electron chi connectivity index (χ4n) is 0. The zero-order chi connectivity index (χ0) is 6.28. The predicted octanol–water partition coefficient (Wildman–Crippen LogP) is -3.25. The standard InChI is InChI=1S/C2H5NO.HNO2.Na/c1-2(3)4;2-1-3;/h1H3,(H2,3,4);(H,2,3);/q;;+1/p-1. The average molecular weight is 128 g/mol. The molecule has 0 aromatic heterocycles. The van der Waals surface area contributed by atoms with Gasteiger partial charge in [-0.2, -0.15) is 0 Å². The van der Waals surface area contributed by atoms with Gasteiger partial charge in [0.1, 0.15) is 0 Å². The van der Waals surface area contributed by atoms with E-state index in [1.54, 1.807) is 0 Å². The summed E-state index contributed by atoms with van der Waals surface area (Å²) < 4.78 is 0. The number of nitrogens with two attached hydrogens (primary N) is 1. The van der Waals surface area contributed by atoms with E-state index >= 15 is 0 Å². The van der Waals surface area contributed by atoms with Gasteiger partial charge in [-0.1, -0.05) is 0 Å². The fourth-order valence-corrected chi connectivity index (χ4v) is 0. The molecule has 0 aliphatic heterocycles. The Morgan fingerprint density at radius 2 is 1.75 bits per heavy atom. The number of nitrogens with zero attached hydrogens (tertiary/aromatic N) is 1. The van der Waals surface area contributed by atoms with Gasteiger partial charge in [0.2, 0.25) is 5.91 Å². The van der Waals surface area contributed by atoms with Gasteiger partial charge in [0.05, 0.1) is 0 Å². The average Bonchev–Trinajstić information content (AvgIpc) is 1.33. The fraction of sp³-hybridized carbons (Fsp3) is 0.500. The molecule has 0 unspecified atom stereocenters. The molecule has 2 N–H and O–H groups in total. The first-order valence-corrected chi connectivity index (χ1v) is 1.36. The van der Waals surface area contributed by atoms with E-state index < -0.39 is 0 Å². The van der Waals surface area contributed by atoms with Crippen LogP contribution in [0.25, 0.3) is 0 Å². The molecule has 0 atom stereocenters. The smallest absolute Gasteiger partial charge is 0.444 e. The van der Waals surface area contributed by atoms with Crippen molar-refractivity contribution in [3.63, 3.8) is 0 Å². The number of primary amides is 1. The van der Waals surface area contributed by atoms with Crippen LogP contribution in [0.1, 0.15) is 6.92 Å². The molecule has 0 aliphatic carbocycles. The molecule has 0 rings (SSSR count). The molecule has 8 heavy (non-hydrogen) atoms. The van der Waals surface area contributed by atoms with Crippen molar-refractivity contribution in [3.05, 3.63) is 10.1 Å². The van der Waals surface area contributed by atoms with Gasteiger partial charge in [-0.05, 0) is 0 Å². The Bertz CT molecular complexity index is 62.3. The van der Waals surface area contributed by atoms with E-state index in [4.69, 9.17) is 10.1 Å². The molecule has 0 spiro atoms. The van der Waals surface area contributed by atoms with E-state index in [0.29, 0.717) is 0 Å². The van der Waals surface area contributed by atoms with Crippen molar-refractivity contribution in [3.8, 4) is 0 Å². The van der Waals surface area contributed by atoms with Gasteiger partial charge in [-0.15, -0.1) is 5.34 Å². The number of hydrogen-bond donors (Lipinski definition) is 1. The minimum absolute atomic E-state index is 0. The third-order valence-electron chi connectivity index (χ3n) is 0. The second kappa shape index (κ2) is 15.8. The number of hydrogen-bond acceptors (Lipinski definition) is 4. The summed E-state index contributed by atoms with van der Waals surface area (Å²) >= 11 is 0. The van der Waals surface area contributed by atoms with Crippen LogP contribution in [0, 0.1) is 10.1 Å². The zero-order valence-corrected chi connectivity index (χ0v) is 6.75. The van der Waals surface area contributed by atoms with Crippen molar-refractivity contribution in [1.82, 2.24) is 0 Å². The molecule has 0 heterocycles. The minimum Gasteiger partial charge on any atom is -0.444 e. The summed E-state index contributed by atoms with van der Waals surface area (Å²) in [7, 11) is 0. The third kappa shape index (κ3) is 8240. The molecule has 5 nitrogen and oxygen atoms in total. The van der Waals surface area contributed by atoms with Gasteiger partial charge in [0.15, 0.2) is 0 Å². The Morgan fingerprint density at radius 1 is 1.75 bits per heavy atom. The van der Waals surface area contributed by atoms with E-state index in [1.165, 1.54) is 6.92 Å². The van der Waals surface area contributed by atoms with Crippen LogP contribution in [0.15, 0.2) is 5.34 Å². The van der Waals surface area contributed by atoms with Crippen LogP contribution in [0.4, 0.5) is 0 Å². The topological polar surface area (TPSA) is 95.6 Å². The van der Waals surface area contributed by atoms with E-state index in [-0.39, 0.29) is 35.5 Å². The van der Waals surface area contributed by atoms with Gasteiger partial charge in [-0.25, -0.2) is 0 Å². The predicted molar refractivity (Wildman–Crippen MR) is 24.0 cm³/mol. The van der Waals surface area contributed by atoms with Crippen LogP contribution >= 0.6 is 0 Å².